The zero-order valence-corrected chi connectivity index (χ0v) is 22.5. The third-order valence-electron chi connectivity index (χ3n) is 10.5. The molecule has 0 amide bonds. The average molecular weight is 514 g/mol. The van der Waals surface area contributed by atoms with Crippen LogP contribution in [-0.4, -0.2) is 6.71 Å². The van der Waals surface area contributed by atoms with Gasteiger partial charge in [-0.05, 0) is 113 Å². The van der Waals surface area contributed by atoms with Gasteiger partial charge < -0.3 is 0 Å². The lowest BCUT2D eigenvalue weighted by Crippen LogP contribution is -2.57. The van der Waals surface area contributed by atoms with Gasteiger partial charge in [0.1, 0.15) is 0 Å². The van der Waals surface area contributed by atoms with Crippen LogP contribution in [0.4, 0.5) is 0 Å². The molecule has 0 nitrogen and oxygen atoms in total. The first kappa shape index (κ1) is 20.9. The van der Waals surface area contributed by atoms with Gasteiger partial charge in [-0.1, -0.05) is 120 Å². The normalized spacial score (nSPS) is 14.1. The Kier molecular flexibility index (Phi) is 3.61. The number of benzene rings is 7. The highest BCUT2D eigenvalue weighted by atomic mass is 14.3. The Labute approximate surface area is 239 Å². The van der Waals surface area contributed by atoms with Gasteiger partial charge >= 0.3 is 0 Å². The second-order valence-corrected chi connectivity index (χ2v) is 12.3. The van der Waals surface area contributed by atoms with Gasteiger partial charge in [0, 0.05) is 0 Å². The first-order valence-corrected chi connectivity index (χ1v) is 14.8. The molecule has 7 aromatic carbocycles. The molecule has 41 heavy (non-hydrogen) atoms. The van der Waals surface area contributed by atoms with Gasteiger partial charge in [-0.25, -0.2) is 0 Å². The van der Waals surface area contributed by atoms with Crippen molar-refractivity contribution in [3.63, 3.8) is 0 Å². The van der Waals surface area contributed by atoms with Crippen LogP contribution < -0.4 is 16.4 Å². The summed E-state index contributed by atoms with van der Waals surface area (Å²) < 4.78 is 0. The minimum atomic E-state index is 0.247. The molecule has 0 fully saturated rings. The number of rotatable bonds is 0. The summed E-state index contributed by atoms with van der Waals surface area (Å²) in [7, 11) is 0. The molecule has 1 heteroatoms. The second-order valence-electron chi connectivity index (χ2n) is 12.3. The zero-order chi connectivity index (χ0) is 26.4. The summed E-state index contributed by atoms with van der Waals surface area (Å²) in [5.74, 6) is 0. The zero-order valence-electron chi connectivity index (χ0n) is 22.5. The van der Waals surface area contributed by atoms with Crippen LogP contribution in [0.1, 0.15) is 22.3 Å². The molecule has 2 aliphatic carbocycles. The van der Waals surface area contributed by atoms with Gasteiger partial charge in [-0.2, -0.15) is 0 Å². The maximum Gasteiger partial charge on any atom is 0.244 e. The van der Waals surface area contributed by atoms with Gasteiger partial charge in [-0.3, -0.25) is 0 Å². The second kappa shape index (κ2) is 7.06. The SMILES string of the molecule is c1ccc2c(c1)Cc1c-2cc2cccc3c2c1-c1cccc2c1B3c1cccc3cc4c(c-2c13)Cc1ccccc1-4. The van der Waals surface area contributed by atoms with Crippen LogP contribution in [0.2, 0.25) is 0 Å². The smallest absolute Gasteiger partial charge is 0.0663 e. The lowest BCUT2D eigenvalue weighted by molar-refractivity contribution is 1.27. The van der Waals surface area contributed by atoms with Gasteiger partial charge in [0.15, 0.2) is 0 Å². The van der Waals surface area contributed by atoms with Crippen LogP contribution in [-0.2, 0) is 12.8 Å². The van der Waals surface area contributed by atoms with E-state index in [0.29, 0.717) is 0 Å². The molecule has 0 spiro atoms. The largest absolute Gasteiger partial charge is 0.244 e. The van der Waals surface area contributed by atoms with Crippen LogP contribution in [0.15, 0.2) is 115 Å². The molecule has 0 unspecified atom stereocenters. The molecule has 0 saturated heterocycles. The Balaban J connectivity index is 1.31. The van der Waals surface area contributed by atoms with Crippen molar-refractivity contribution in [2.45, 2.75) is 12.8 Å². The van der Waals surface area contributed by atoms with Crippen LogP contribution in [0.5, 0.6) is 0 Å². The predicted molar refractivity (Wildman–Crippen MR) is 173 cm³/mol. The third-order valence-corrected chi connectivity index (χ3v) is 10.5. The molecular weight excluding hydrogens is 491 g/mol. The van der Waals surface area contributed by atoms with Gasteiger partial charge in [0.05, 0.1) is 0 Å². The van der Waals surface area contributed by atoms with E-state index in [1.165, 1.54) is 105 Å². The molecule has 7 aromatic rings. The summed E-state index contributed by atoms with van der Waals surface area (Å²) in [6, 6.07) is 44.2. The highest BCUT2D eigenvalue weighted by Gasteiger charge is 2.41. The van der Waals surface area contributed by atoms with Crippen LogP contribution >= 0.6 is 0 Å². The summed E-state index contributed by atoms with van der Waals surface area (Å²) in [6.07, 6.45) is 2.02. The molecule has 4 aliphatic rings. The van der Waals surface area contributed by atoms with Gasteiger partial charge in [0.25, 0.3) is 0 Å². The van der Waals surface area contributed by atoms with Crippen molar-refractivity contribution in [3.8, 4) is 44.5 Å². The molecule has 2 heterocycles. The van der Waals surface area contributed by atoms with Crippen molar-refractivity contribution in [3.05, 3.63) is 138 Å². The number of fused-ring (bicyclic) bond motifs is 12. The molecule has 0 radical (unpaired) electrons. The van der Waals surface area contributed by atoms with Crippen molar-refractivity contribution in [2.24, 2.45) is 0 Å². The minimum absolute atomic E-state index is 0.247. The molecular formula is C40H23B. The lowest BCUT2D eigenvalue weighted by atomic mass is 9.31. The number of hydrogen-bond donors (Lipinski definition) is 0. The Hall–Kier alpha value is -4.88. The van der Waals surface area contributed by atoms with Crippen molar-refractivity contribution >= 4 is 44.6 Å². The average Bonchev–Trinajstić information content (AvgIpc) is 3.58. The fourth-order valence-corrected chi connectivity index (χ4v) is 9.02. The molecule has 11 rings (SSSR count). The first-order valence-electron chi connectivity index (χ1n) is 14.8. The van der Waals surface area contributed by atoms with E-state index < -0.39 is 0 Å². The van der Waals surface area contributed by atoms with E-state index in [2.05, 4.69) is 115 Å². The Morgan fingerprint density at radius 1 is 0.415 bits per heavy atom. The predicted octanol–water partition coefficient (Wildman–Crippen LogP) is 7.61. The van der Waals surface area contributed by atoms with E-state index >= 15 is 0 Å². The fraction of sp³-hybridized carbons (Fsp3) is 0.0500. The van der Waals surface area contributed by atoms with Crippen molar-refractivity contribution in [2.75, 3.05) is 0 Å². The van der Waals surface area contributed by atoms with E-state index in [4.69, 9.17) is 0 Å². The van der Waals surface area contributed by atoms with Gasteiger partial charge in [0.2, 0.25) is 6.71 Å². The summed E-state index contributed by atoms with van der Waals surface area (Å²) >= 11 is 0. The Bertz CT molecular complexity index is 2210. The van der Waals surface area contributed by atoms with Crippen LogP contribution in [0.3, 0.4) is 0 Å². The van der Waals surface area contributed by atoms with Crippen LogP contribution in [0.25, 0.3) is 66.1 Å². The molecule has 0 aromatic heterocycles. The molecule has 0 atom stereocenters. The summed E-state index contributed by atoms with van der Waals surface area (Å²) in [5.41, 5.74) is 21.9. The van der Waals surface area contributed by atoms with E-state index in [1.807, 2.05) is 0 Å². The Morgan fingerprint density at radius 3 is 1.41 bits per heavy atom. The van der Waals surface area contributed by atoms with Crippen molar-refractivity contribution in [1.29, 1.82) is 0 Å². The topological polar surface area (TPSA) is 0 Å². The molecule has 0 saturated carbocycles. The van der Waals surface area contributed by atoms with E-state index in [-0.39, 0.29) is 6.71 Å². The molecule has 0 N–H and O–H groups in total. The Morgan fingerprint density at radius 2 is 0.878 bits per heavy atom. The monoisotopic (exact) mass is 514 g/mol. The summed E-state index contributed by atoms with van der Waals surface area (Å²) in [5, 5.41) is 5.66. The van der Waals surface area contributed by atoms with E-state index in [9.17, 15) is 0 Å². The standard InChI is InChI=1S/C40H23B/c1-3-12-26-22(8-1)18-32-30(26)20-24-10-5-16-34-36(24)38(32)28-14-7-15-29-39-33-19-23-9-2-4-13-27(23)31(33)21-25-11-6-17-35(37(25)39)41(34)40(28)29/h1-17,20-21H,18-19H2. The number of hydrogen-bond acceptors (Lipinski definition) is 0. The summed E-state index contributed by atoms with van der Waals surface area (Å²) in [6.45, 7) is 0.247. The van der Waals surface area contributed by atoms with E-state index in [0.717, 1.165) is 12.8 Å². The minimum Gasteiger partial charge on any atom is -0.0663 e. The first-order chi connectivity index (χ1) is 20.3. The van der Waals surface area contributed by atoms with E-state index in [1.54, 1.807) is 0 Å². The third kappa shape index (κ3) is 2.38. The van der Waals surface area contributed by atoms with Gasteiger partial charge in [-0.15, -0.1) is 0 Å². The molecule has 0 bridgehead atoms. The quantitative estimate of drug-likeness (QED) is 0.183. The summed E-state index contributed by atoms with van der Waals surface area (Å²) in [4.78, 5) is 0. The molecule has 186 valence electrons. The van der Waals surface area contributed by atoms with Crippen molar-refractivity contribution < 1.29 is 0 Å². The highest BCUT2D eigenvalue weighted by molar-refractivity contribution is 7.01. The highest BCUT2D eigenvalue weighted by Crippen LogP contribution is 2.50. The van der Waals surface area contributed by atoms with Crippen molar-refractivity contribution in [1.82, 2.24) is 0 Å². The maximum absolute atomic E-state index is 2.47. The molecule has 2 aliphatic heterocycles. The van der Waals surface area contributed by atoms with Crippen LogP contribution in [0, 0.1) is 0 Å². The lowest BCUT2D eigenvalue weighted by Gasteiger charge is -2.35. The maximum atomic E-state index is 2.47. The fourth-order valence-electron chi connectivity index (χ4n) is 9.02.